The molecule has 0 rings (SSSR count). The lowest BCUT2D eigenvalue weighted by Gasteiger charge is -2.13. The fourth-order valence-electron chi connectivity index (χ4n) is 3.00. The van der Waals surface area contributed by atoms with E-state index >= 15 is 0 Å². The number of amides is 1. The van der Waals surface area contributed by atoms with E-state index in [0.29, 0.717) is 6.61 Å². The molecular formula is C22H43NO4. The van der Waals surface area contributed by atoms with Crippen LogP contribution < -0.4 is 5.32 Å². The maximum atomic E-state index is 11.7. The van der Waals surface area contributed by atoms with Crippen molar-refractivity contribution in [1.82, 2.24) is 5.32 Å². The normalized spacial score (nSPS) is 11.8. The maximum Gasteiger partial charge on any atom is 0.407 e. The SMILES string of the molecule is CCCCCCCCCCCCCCCCOC(=O)C(C)NC(=O)OCC. The van der Waals surface area contributed by atoms with Crippen LogP contribution in [0.4, 0.5) is 4.79 Å². The van der Waals surface area contributed by atoms with E-state index < -0.39 is 18.1 Å². The molecule has 0 fully saturated rings. The molecule has 0 aromatic carbocycles. The molecule has 0 spiro atoms. The van der Waals surface area contributed by atoms with Gasteiger partial charge in [0.1, 0.15) is 6.04 Å². The minimum absolute atomic E-state index is 0.284. The first-order chi connectivity index (χ1) is 13.1. The Hall–Kier alpha value is -1.26. The lowest BCUT2D eigenvalue weighted by atomic mass is 10.0. The molecule has 0 saturated carbocycles. The quantitative estimate of drug-likeness (QED) is 0.227. The van der Waals surface area contributed by atoms with Gasteiger partial charge in [-0.1, -0.05) is 90.4 Å². The molecule has 160 valence electrons. The molecule has 0 radical (unpaired) electrons. The van der Waals surface area contributed by atoms with Crippen molar-refractivity contribution in [1.29, 1.82) is 0 Å². The molecular weight excluding hydrogens is 342 g/mol. The molecule has 0 bridgehead atoms. The zero-order chi connectivity index (χ0) is 20.2. The van der Waals surface area contributed by atoms with Gasteiger partial charge in [-0.2, -0.15) is 0 Å². The number of esters is 1. The van der Waals surface area contributed by atoms with Crippen LogP contribution in [-0.4, -0.2) is 31.3 Å². The van der Waals surface area contributed by atoms with Crippen molar-refractivity contribution in [3.05, 3.63) is 0 Å². The highest BCUT2D eigenvalue weighted by Crippen LogP contribution is 2.13. The monoisotopic (exact) mass is 385 g/mol. The third-order valence-corrected chi connectivity index (χ3v) is 4.71. The van der Waals surface area contributed by atoms with Gasteiger partial charge in [0.2, 0.25) is 0 Å². The van der Waals surface area contributed by atoms with E-state index in [1.54, 1.807) is 13.8 Å². The fourth-order valence-corrected chi connectivity index (χ4v) is 3.00. The summed E-state index contributed by atoms with van der Waals surface area (Å²) in [5.74, 6) is -0.405. The summed E-state index contributed by atoms with van der Waals surface area (Å²) in [6.45, 7) is 6.29. The Labute approximate surface area is 167 Å². The van der Waals surface area contributed by atoms with E-state index in [0.717, 1.165) is 12.8 Å². The van der Waals surface area contributed by atoms with Crippen molar-refractivity contribution in [2.45, 2.75) is 117 Å². The largest absolute Gasteiger partial charge is 0.464 e. The van der Waals surface area contributed by atoms with Crippen molar-refractivity contribution in [3.8, 4) is 0 Å². The highest BCUT2D eigenvalue weighted by Gasteiger charge is 2.17. The first-order valence-corrected chi connectivity index (χ1v) is 11.2. The zero-order valence-corrected chi connectivity index (χ0v) is 18.0. The van der Waals surface area contributed by atoms with E-state index in [1.807, 2.05) is 0 Å². The molecule has 0 aliphatic heterocycles. The molecule has 0 aromatic heterocycles. The Balaban J connectivity index is 3.30. The summed E-state index contributed by atoms with van der Waals surface area (Å²) >= 11 is 0. The van der Waals surface area contributed by atoms with E-state index in [-0.39, 0.29) is 6.61 Å². The van der Waals surface area contributed by atoms with Crippen LogP contribution in [0.5, 0.6) is 0 Å². The minimum atomic E-state index is -0.671. The number of hydrogen-bond acceptors (Lipinski definition) is 4. The van der Waals surface area contributed by atoms with Crippen LogP contribution in [0.25, 0.3) is 0 Å². The summed E-state index contributed by atoms with van der Waals surface area (Å²) in [6, 6.07) is -0.671. The number of unbranched alkanes of at least 4 members (excludes halogenated alkanes) is 13. The second kappa shape index (κ2) is 19.5. The first kappa shape index (κ1) is 25.7. The molecule has 0 aliphatic rings. The Morgan fingerprint density at radius 1 is 0.704 bits per heavy atom. The predicted octanol–water partition coefficient (Wildman–Crippen LogP) is 6.15. The van der Waals surface area contributed by atoms with E-state index in [2.05, 4.69) is 12.2 Å². The van der Waals surface area contributed by atoms with Crippen LogP contribution in [0.2, 0.25) is 0 Å². The summed E-state index contributed by atoms with van der Waals surface area (Å²) in [6.07, 6.45) is 17.6. The predicted molar refractivity (Wildman–Crippen MR) is 111 cm³/mol. The molecule has 0 aromatic rings. The standard InChI is InChI=1S/C22H43NO4/c1-4-6-7-8-9-10-11-12-13-14-15-16-17-18-19-27-21(24)20(3)23-22(25)26-5-2/h20H,4-19H2,1-3H3,(H,23,25). The van der Waals surface area contributed by atoms with E-state index in [1.165, 1.54) is 77.0 Å². The Bertz CT molecular complexity index is 360. The van der Waals surface area contributed by atoms with Crippen LogP contribution in [0, 0.1) is 0 Å². The minimum Gasteiger partial charge on any atom is -0.464 e. The van der Waals surface area contributed by atoms with Gasteiger partial charge in [-0.05, 0) is 20.3 Å². The number of ether oxygens (including phenoxy) is 2. The molecule has 0 heterocycles. The summed E-state index contributed by atoms with van der Waals surface area (Å²) in [4.78, 5) is 23.0. The number of carbonyl (C=O) groups is 2. The lowest BCUT2D eigenvalue weighted by molar-refractivity contribution is -0.145. The molecule has 5 nitrogen and oxygen atoms in total. The molecule has 1 atom stereocenters. The number of alkyl carbamates (subject to hydrolysis) is 1. The van der Waals surface area contributed by atoms with Gasteiger partial charge >= 0.3 is 12.1 Å². The Kier molecular flexibility index (Phi) is 18.6. The van der Waals surface area contributed by atoms with Crippen molar-refractivity contribution in [2.75, 3.05) is 13.2 Å². The zero-order valence-electron chi connectivity index (χ0n) is 18.0. The summed E-state index contributed by atoms with van der Waals surface area (Å²) in [7, 11) is 0. The summed E-state index contributed by atoms with van der Waals surface area (Å²) in [5.41, 5.74) is 0. The smallest absolute Gasteiger partial charge is 0.407 e. The highest BCUT2D eigenvalue weighted by atomic mass is 16.6. The number of hydrogen-bond donors (Lipinski definition) is 1. The van der Waals surface area contributed by atoms with Crippen LogP contribution >= 0.6 is 0 Å². The molecule has 0 aliphatic carbocycles. The average molecular weight is 386 g/mol. The van der Waals surface area contributed by atoms with Crippen molar-refractivity contribution in [3.63, 3.8) is 0 Å². The first-order valence-electron chi connectivity index (χ1n) is 11.2. The van der Waals surface area contributed by atoms with Gasteiger partial charge in [-0.15, -0.1) is 0 Å². The molecule has 5 heteroatoms. The molecule has 0 saturated heterocycles. The van der Waals surface area contributed by atoms with Crippen molar-refractivity contribution >= 4 is 12.1 Å². The van der Waals surface area contributed by atoms with Gasteiger partial charge < -0.3 is 14.8 Å². The Morgan fingerprint density at radius 3 is 1.59 bits per heavy atom. The van der Waals surface area contributed by atoms with Crippen LogP contribution in [0.3, 0.4) is 0 Å². The molecule has 1 N–H and O–H groups in total. The van der Waals surface area contributed by atoms with Gasteiger partial charge in [0.25, 0.3) is 0 Å². The Morgan fingerprint density at radius 2 is 1.15 bits per heavy atom. The van der Waals surface area contributed by atoms with Gasteiger partial charge in [0.05, 0.1) is 13.2 Å². The second-order valence-corrected chi connectivity index (χ2v) is 7.35. The number of rotatable bonds is 18. The molecule has 27 heavy (non-hydrogen) atoms. The van der Waals surface area contributed by atoms with Crippen molar-refractivity contribution < 1.29 is 19.1 Å². The summed E-state index contributed by atoms with van der Waals surface area (Å²) < 4.78 is 9.92. The lowest BCUT2D eigenvalue weighted by Crippen LogP contribution is -2.39. The second-order valence-electron chi connectivity index (χ2n) is 7.35. The number of nitrogens with one attached hydrogen (secondary N) is 1. The fraction of sp³-hybridized carbons (Fsp3) is 0.909. The van der Waals surface area contributed by atoms with Crippen LogP contribution in [-0.2, 0) is 14.3 Å². The highest BCUT2D eigenvalue weighted by molar-refractivity contribution is 5.80. The van der Waals surface area contributed by atoms with Gasteiger partial charge in [-0.25, -0.2) is 9.59 Å². The van der Waals surface area contributed by atoms with E-state index in [4.69, 9.17) is 9.47 Å². The third kappa shape index (κ3) is 17.9. The summed E-state index contributed by atoms with van der Waals surface area (Å²) in [5, 5.41) is 2.45. The van der Waals surface area contributed by atoms with Gasteiger partial charge in [-0.3, -0.25) is 0 Å². The molecule has 1 unspecified atom stereocenters. The third-order valence-electron chi connectivity index (χ3n) is 4.71. The maximum absolute atomic E-state index is 11.7. The van der Waals surface area contributed by atoms with Gasteiger partial charge in [0, 0.05) is 0 Å². The number of carbonyl (C=O) groups excluding carboxylic acids is 2. The average Bonchev–Trinajstić information content (AvgIpc) is 2.64. The molecule has 1 amide bonds. The van der Waals surface area contributed by atoms with E-state index in [9.17, 15) is 9.59 Å². The van der Waals surface area contributed by atoms with Crippen LogP contribution in [0.1, 0.15) is 111 Å². The van der Waals surface area contributed by atoms with Crippen molar-refractivity contribution in [2.24, 2.45) is 0 Å². The topological polar surface area (TPSA) is 64.6 Å². The van der Waals surface area contributed by atoms with Crippen LogP contribution in [0.15, 0.2) is 0 Å². The van der Waals surface area contributed by atoms with Gasteiger partial charge in [0.15, 0.2) is 0 Å².